The molecule has 1 amide bonds. The summed E-state index contributed by atoms with van der Waals surface area (Å²) in [6, 6.07) is -0.747. The minimum atomic E-state index is -0.826. The standard InChI is InChI=1S/C57H95NO5/c1-4-7-10-13-16-19-22-25-27-29-32-34-37-40-43-46-49-55(60)54(52-59)58-56(61)51-53(48-45-42-39-36-33-31-28-26-23-20-17-14-11-8-5-2)63-57(62)50-47-44-41-38-35-30-24-21-18-15-12-9-6-3/h8-9,11-12,15,17-18,20-21,24,26,28,30,33,35-36,42,45,53-55,59-60H,4-7,10,13-14,16,19,22-23,25,27,29,31-32,34,37-41,43-44,46-52H2,1-3H3,(H,58,61)/b11-8-,12-9+,18-15+,20-17-,24-21-,28-26-,35-30-,36-33-,45-42-. The van der Waals surface area contributed by atoms with Gasteiger partial charge in [0.1, 0.15) is 6.10 Å². The van der Waals surface area contributed by atoms with Gasteiger partial charge in [0.25, 0.3) is 0 Å². The van der Waals surface area contributed by atoms with Crippen molar-refractivity contribution in [3.63, 3.8) is 0 Å². The highest BCUT2D eigenvalue weighted by Gasteiger charge is 2.23. The number of ether oxygens (including phenoxy) is 1. The number of hydrogen-bond acceptors (Lipinski definition) is 5. The van der Waals surface area contributed by atoms with Crippen LogP contribution in [-0.4, -0.2) is 46.9 Å². The number of allylic oxidation sites excluding steroid dienone is 17. The Hall–Kier alpha value is -3.48. The van der Waals surface area contributed by atoms with Gasteiger partial charge < -0.3 is 20.3 Å². The molecule has 0 fully saturated rings. The average molecular weight is 874 g/mol. The number of hydrogen-bond donors (Lipinski definition) is 3. The van der Waals surface area contributed by atoms with Gasteiger partial charge in [-0.05, 0) is 64.2 Å². The lowest BCUT2D eigenvalue weighted by atomic mass is 10.0. The lowest BCUT2D eigenvalue weighted by molar-refractivity contribution is -0.150. The zero-order valence-electron chi connectivity index (χ0n) is 40.7. The van der Waals surface area contributed by atoms with Gasteiger partial charge in [-0.3, -0.25) is 9.59 Å². The molecule has 6 nitrogen and oxygen atoms in total. The summed E-state index contributed by atoms with van der Waals surface area (Å²) in [5, 5.41) is 23.7. The second-order valence-electron chi connectivity index (χ2n) is 16.9. The number of carbonyl (C=O) groups excluding carboxylic acids is 2. The summed E-state index contributed by atoms with van der Waals surface area (Å²) < 4.78 is 5.84. The van der Waals surface area contributed by atoms with Gasteiger partial charge in [-0.1, -0.05) is 239 Å². The van der Waals surface area contributed by atoms with E-state index in [4.69, 9.17) is 4.74 Å². The molecule has 0 aromatic carbocycles. The van der Waals surface area contributed by atoms with Crippen molar-refractivity contribution in [1.29, 1.82) is 0 Å². The Bertz CT molecular complexity index is 1300. The number of nitrogens with one attached hydrogen (secondary N) is 1. The molecule has 3 N–H and O–H groups in total. The van der Waals surface area contributed by atoms with Gasteiger partial charge in [-0.2, -0.15) is 0 Å². The third-order valence-electron chi connectivity index (χ3n) is 10.9. The number of esters is 1. The first-order valence-electron chi connectivity index (χ1n) is 25.7. The fourth-order valence-corrected chi connectivity index (χ4v) is 7.11. The predicted molar refractivity (Wildman–Crippen MR) is 273 cm³/mol. The van der Waals surface area contributed by atoms with Crippen LogP contribution in [0.5, 0.6) is 0 Å². The third kappa shape index (κ3) is 44.9. The Labute approximate surface area is 388 Å². The highest BCUT2D eigenvalue weighted by Crippen LogP contribution is 2.16. The summed E-state index contributed by atoms with van der Waals surface area (Å²) in [6.07, 6.45) is 67.4. The molecule has 6 heteroatoms. The van der Waals surface area contributed by atoms with E-state index in [-0.39, 0.29) is 24.9 Å². The minimum absolute atomic E-state index is 0.0231. The quantitative estimate of drug-likeness (QED) is 0.0245. The van der Waals surface area contributed by atoms with E-state index in [0.29, 0.717) is 19.3 Å². The van der Waals surface area contributed by atoms with E-state index in [1.165, 1.54) is 83.5 Å². The van der Waals surface area contributed by atoms with E-state index in [0.717, 1.165) is 83.5 Å². The van der Waals surface area contributed by atoms with Gasteiger partial charge in [0.2, 0.25) is 5.91 Å². The minimum Gasteiger partial charge on any atom is -0.461 e. The topological polar surface area (TPSA) is 95.9 Å². The summed E-state index contributed by atoms with van der Waals surface area (Å²) in [5.74, 6) is -0.635. The molecule has 0 aromatic rings. The number of amides is 1. The smallest absolute Gasteiger partial charge is 0.306 e. The van der Waals surface area contributed by atoms with Gasteiger partial charge in [0.05, 0.1) is 25.2 Å². The monoisotopic (exact) mass is 874 g/mol. The van der Waals surface area contributed by atoms with Gasteiger partial charge in [-0.15, -0.1) is 0 Å². The molecular formula is C57H95NO5. The van der Waals surface area contributed by atoms with Crippen molar-refractivity contribution in [2.24, 2.45) is 0 Å². The molecule has 0 aliphatic heterocycles. The van der Waals surface area contributed by atoms with Crippen LogP contribution in [0.2, 0.25) is 0 Å². The summed E-state index contributed by atoms with van der Waals surface area (Å²) in [4.78, 5) is 26.1. The highest BCUT2D eigenvalue weighted by atomic mass is 16.5. The first kappa shape index (κ1) is 59.5. The molecule has 0 bridgehead atoms. The van der Waals surface area contributed by atoms with Crippen LogP contribution in [0.25, 0.3) is 0 Å². The molecule has 0 spiro atoms. The molecule has 0 heterocycles. The van der Waals surface area contributed by atoms with Crippen LogP contribution in [0.3, 0.4) is 0 Å². The maximum absolute atomic E-state index is 13.2. The van der Waals surface area contributed by atoms with E-state index in [1.807, 2.05) is 48.6 Å². The number of rotatable bonds is 44. The van der Waals surface area contributed by atoms with Gasteiger partial charge in [-0.25, -0.2) is 0 Å². The molecule has 0 radical (unpaired) electrons. The lowest BCUT2D eigenvalue weighted by Gasteiger charge is -2.24. The van der Waals surface area contributed by atoms with Crippen LogP contribution in [0, 0.1) is 0 Å². The molecule has 0 aliphatic carbocycles. The van der Waals surface area contributed by atoms with Gasteiger partial charge in [0.15, 0.2) is 0 Å². The zero-order chi connectivity index (χ0) is 45.9. The van der Waals surface area contributed by atoms with Crippen molar-refractivity contribution >= 4 is 11.9 Å². The van der Waals surface area contributed by atoms with E-state index < -0.39 is 18.2 Å². The molecule has 3 atom stereocenters. The molecular weight excluding hydrogens is 779 g/mol. The first-order chi connectivity index (χ1) is 31.0. The third-order valence-corrected chi connectivity index (χ3v) is 10.9. The van der Waals surface area contributed by atoms with Crippen LogP contribution in [0.1, 0.15) is 213 Å². The number of aliphatic hydroxyl groups is 2. The van der Waals surface area contributed by atoms with Crippen molar-refractivity contribution < 1.29 is 24.5 Å². The summed E-state index contributed by atoms with van der Waals surface area (Å²) in [7, 11) is 0. The van der Waals surface area contributed by atoms with Crippen molar-refractivity contribution in [2.75, 3.05) is 6.61 Å². The van der Waals surface area contributed by atoms with Crippen LogP contribution in [-0.2, 0) is 14.3 Å². The van der Waals surface area contributed by atoms with Crippen LogP contribution in [0.4, 0.5) is 0 Å². The van der Waals surface area contributed by atoms with Crippen LogP contribution >= 0.6 is 0 Å². The summed E-state index contributed by atoms with van der Waals surface area (Å²) >= 11 is 0. The second-order valence-corrected chi connectivity index (χ2v) is 16.9. The van der Waals surface area contributed by atoms with E-state index in [1.54, 1.807) is 0 Å². The van der Waals surface area contributed by atoms with E-state index in [9.17, 15) is 19.8 Å². The van der Waals surface area contributed by atoms with Crippen molar-refractivity contribution in [2.45, 2.75) is 232 Å². The Morgan fingerprint density at radius 3 is 1.46 bits per heavy atom. The predicted octanol–water partition coefficient (Wildman–Crippen LogP) is 15.5. The molecule has 63 heavy (non-hydrogen) atoms. The van der Waals surface area contributed by atoms with Crippen LogP contribution in [0.15, 0.2) is 109 Å². The highest BCUT2D eigenvalue weighted by molar-refractivity contribution is 5.77. The number of carbonyl (C=O) groups is 2. The van der Waals surface area contributed by atoms with Gasteiger partial charge >= 0.3 is 5.97 Å². The molecule has 0 aromatic heterocycles. The molecule has 3 unspecified atom stereocenters. The fourth-order valence-electron chi connectivity index (χ4n) is 7.11. The largest absolute Gasteiger partial charge is 0.461 e. The molecule has 0 aliphatic rings. The van der Waals surface area contributed by atoms with Crippen molar-refractivity contribution in [3.05, 3.63) is 109 Å². The lowest BCUT2D eigenvalue weighted by Crippen LogP contribution is -2.46. The molecule has 0 saturated carbocycles. The Morgan fingerprint density at radius 1 is 0.508 bits per heavy atom. The normalized spacial score (nSPS) is 14.2. The Balaban J connectivity index is 4.75. The summed E-state index contributed by atoms with van der Waals surface area (Å²) in [5.41, 5.74) is 0. The van der Waals surface area contributed by atoms with Crippen molar-refractivity contribution in [3.8, 4) is 0 Å². The summed E-state index contributed by atoms with van der Waals surface area (Å²) in [6.45, 7) is 6.19. The number of aliphatic hydroxyl groups excluding tert-OH is 2. The fraction of sp³-hybridized carbons (Fsp3) is 0.649. The van der Waals surface area contributed by atoms with Crippen LogP contribution < -0.4 is 5.32 Å². The second kappa shape index (κ2) is 49.5. The SMILES string of the molecule is CC/C=C\C/C=C\C/C=C\C/C=C\C/C=C\CC(CC(=O)NC(CO)C(O)CCCCCCCCCCCCCCCCCC)OC(=O)CCCCC\C=C/C=C\C=C\C=C\CC. The van der Waals surface area contributed by atoms with Crippen molar-refractivity contribution in [1.82, 2.24) is 5.32 Å². The molecule has 0 saturated heterocycles. The average Bonchev–Trinajstić information content (AvgIpc) is 3.28. The van der Waals surface area contributed by atoms with E-state index >= 15 is 0 Å². The number of unbranched alkanes of at least 4 members (excludes halogenated alkanes) is 18. The molecule has 0 rings (SSSR count). The maximum Gasteiger partial charge on any atom is 0.306 e. The Kier molecular flexibility index (Phi) is 46.8. The maximum atomic E-state index is 13.2. The zero-order valence-corrected chi connectivity index (χ0v) is 40.7. The van der Waals surface area contributed by atoms with E-state index in [2.05, 4.69) is 86.8 Å². The molecule has 358 valence electrons. The Morgan fingerprint density at radius 2 is 0.952 bits per heavy atom. The van der Waals surface area contributed by atoms with Gasteiger partial charge in [0, 0.05) is 12.8 Å². The first-order valence-corrected chi connectivity index (χ1v) is 25.7.